The SMILES string of the molecule is CC(C)n1cc(Oc2c(Cl)cc(-n3nc(C(=O)O)c(=O)[nH]c3=O)cc2Cl)cc(F)c1=O. The zero-order chi connectivity index (χ0) is 23.0. The molecule has 3 aromatic rings. The number of nitrogens with zero attached hydrogens (tertiary/aromatic N) is 3. The van der Waals surface area contributed by atoms with Gasteiger partial charge in [0.15, 0.2) is 11.6 Å². The summed E-state index contributed by atoms with van der Waals surface area (Å²) in [5, 5.41) is 12.3. The summed E-state index contributed by atoms with van der Waals surface area (Å²) in [6.45, 7) is 3.36. The van der Waals surface area contributed by atoms with Gasteiger partial charge in [0.1, 0.15) is 5.75 Å². The molecule has 3 rings (SSSR count). The molecule has 0 spiro atoms. The molecule has 0 amide bonds. The molecule has 0 aliphatic heterocycles. The average molecular weight is 471 g/mol. The zero-order valence-corrected chi connectivity index (χ0v) is 17.4. The maximum Gasteiger partial charge on any atom is 0.362 e. The number of carboxylic acids is 1. The minimum Gasteiger partial charge on any atom is -0.476 e. The number of hydrogen-bond acceptors (Lipinski definition) is 6. The fraction of sp³-hybridized carbons (Fsp3) is 0.167. The van der Waals surface area contributed by atoms with Crippen LogP contribution in [0.4, 0.5) is 4.39 Å². The van der Waals surface area contributed by atoms with Gasteiger partial charge in [-0.3, -0.25) is 14.6 Å². The summed E-state index contributed by atoms with van der Waals surface area (Å²) < 4.78 is 21.2. The van der Waals surface area contributed by atoms with Crippen molar-refractivity contribution >= 4 is 29.2 Å². The van der Waals surface area contributed by atoms with Crippen molar-refractivity contribution in [3.8, 4) is 17.2 Å². The standard InChI is InChI=1S/C18H13Cl2FN4O6/c1-7(2)24-6-9(5-12(21)16(24)27)31-14-10(19)3-8(4-11(14)20)25-18(30)22-15(26)13(23-25)17(28)29/h3-7H,1-2H3,(H,28,29)(H,22,26,30). The molecule has 0 aliphatic carbocycles. The zero-order valence-electron chi connectivity index (χ0n) is 15.9. The molecule has 0 fully saturated rings. The smallest absolute Gasteiger partial charge is 0.362 e. The lowest BCUT2D eigenvalue weighted by molar-refractivity contribution is 0.0685. The van der Waals surface area contributed by atoms with E-state index in [1.165, 1.54) is 18.3 Å². The van der Waals surface area contributed by atoms with Crippen molar-refractivity contribution < 1.29 is 19.0 Å². The second-order valence-electron chi connectivity index (χ2n) is 6.50. The van der Waals surface area contributed by atoms with Gasteiger partial charge in [0.2, 0.25) is 5.69 Å². The van der Waals surface area contributed by atoms with Crippen LogP contribution < -0.4 is 21.5 Å². The van der Waals surface area contributed by atoms with Crippen molar-refractivity contribution in [3.63, 3.8) is 0 Å². The van der Waals surface area contributed by atoms with Crippen LogP contribution in [0.1, 0.15) is 30.4 Å². The summed E-state index contributed by atoms with van der Waals surface area (Å²) in [5.41, 5.74) is -4.01. The van der Waals surface area contributed by atoms with Crippen molar-refractivity contribution in [1.29, 1.82) is 0 Å². The molecule has 0 atom stereocenters. The van der Waals surface area contributed by atoms with Gasteiger partial charge < -0.3 is 14.4 Å². The van der Waals surface area contributed by atoms with E-state index in [0.29, 0.717) is 4.68 Å². The van der Waals surface area contributed by atoms with Crippen molar-refractivity contribution in [1.82, 2.24) is 19.3 Å². The average Bonchev–Trinajstić information content (AvgIpc) is 2.66. The van der Waals surface area contributed by atoms with E-state index in [0.717, 1.165) is 10.6 Å². The molecule has 13 heteroatoms. The van der Waals surface area contributed by atoms with Crippen LogP contribution in [-0.2, 0) is 0 Å². The van der Waals surface area contributed by atoms with Gasteiger partial charge in [-0.25, -0.2) is 14.0 Å². The topological polar surface area (TPSA) is 136 Å². The Kier molecular flexibility index (Phi) is 6.00. The van der Waals surface area contributed by atoms with Gasteiger partial charge in [-0.05, 0) is 26.0 Å². The van der Waals surface area contributed by atoms with Crippen molar-refractivity contribution in [2.45, 2.75) is 19.9 Å². The largest absolute Gasteiger partial charge is 0.476 e. The first kappa shape index (κ1) is 22.2. The quantitative estimate of drug-likeness (QED) is 0.584. The minimum atomic E-state index is -1.64. The van der Waals surface area contributed by atoms with Gasteiger partial charge in [0.05, 0.1) is 21.9 Å². The number of nitrogens with one attached hydrogen (secondary N) is 1. The Morgan fingerprint density at radius 1 is 1.19 bits per heavy atom. The van der Waals surface area contributed by atoms with Crippen molar-refractivity contribution in [2.24, 2.45) is 0 Å². The molecule has 162 valence electrons. The molecule has 2 heterocycles. The van der Waals surface area contributed by atoms with Gasteiger partial charge in [0.25, 0.3) is 11.1 Å². The van der Waals surface area contributed by atoms with Gasteiger partial charge in [-0.2, -0.15) is 9.78 Å². The van der Waals surface area contributed by atoms with Gasteiger partial charge in [-0.15, -0.1) is 0 Å². The number of aromatic amines is 1. The number of hydrogen-bond donors (Lipinski definition) is 2. The molecule has 0 aliphatic rings. The maximum atomic E-state index is 14.0. The second-order valence-corrected chi connectivity index (χ2v) is 7.31. The highest BCUT2D eigenvalue weighted by atomic mass is 35.5. The van der Waals surface area contributed by atoms with E-state index in [1.807, 2.05) is 4.98 Å². The normalized spacial score (nSPS) is 11.0. The number of benzene rings is 1. The number of halogens is 3. The summed E-state index contributed by atoms with van der Waals surface area (Å²) in [4.78, 5) is 48.4. The van der Waals surface area contributed by atoms with Gasteiger partial charge in [-0.1, -0.05) is 23.2 Å². The van der Waals surface area contributed by atoms with Gasteiger partial charge in [0, 0.05) is 12.1 Å². The summed E-state index contributed by atoms with van der Waals surface area (Å²) in [7, 11) is 0. The van der Waals surface area contributed by atoms with Crippen LogP contribution in [0.2, 0.25) is 10.0 Å². The summed E-state index contributed by atoms with van der Waals surface area (Å²) >= 11 is 12.4. The second kappa shape index (κ2) is 8.36. The fourth-order valence-corrected chi connectivity index (χ4v) is 3.13. The lowest BCUT2D eigenvalue weighted by Gasteiger charge is -2.15. The molecule has 2 N–H and O–H groups in total. The Morgan fingerprint density at radius 3 is 2.35 bits per heavy atom. The summed E-state index contributed by atoms with van der Waals surface area (Å²) in [6.07, 6.45) is 1.28. The van der Waals surface area contributed by atoms with Crippen molar-refractivity contribution in [3.05, 3.63) is 77.1 Å². The predicted octanol–water partition coefficient (Wildman–Crippen LogP) is 2.60. The maximum absolute atomic E-state index is 14.0. The number of aromatic carboxylic acids is 1. The third kappa shape index (κ3) is 4.37. The monoisotopic (exact) mass is 470 g/mol. The highest BCUT2D eigenvalue weighted by molar-refractivity contribution is 6.37. The number of H-pyrrole nitrogens is 1. The van der Waals surface area contributed by atoms with E-state index >= 15 is 0 Å². The molecule has 0 saturated carbocycles. The predicted molar refractivity (Wildman–Crippen MR) is 109 cm³/mol. The number of carbonyl (C=O) groups is 1. The van der Waals surface area contributed by atoms with E-state index in [2.05, 4.69) is 5.10 Å². The van der Waals surface area contributed by atoms with Crippen LogP contribution in [0.25, 0.3) is 5.69 Å². The Balaban J connectivity index is 2.08. The molecule has 31 heavy (non-hydrogen) atoms. The molecule has 10 nitrogen and oxygen atoms in total. The minimum absolute atomic E-state index is 0.0603. The summed E-state index contributed by atoms with van der Waals surface area (Å²) in [5.74, 6) is -2.86. The molecular weight excluding hydrogens is 458 g/mol. The molecule has 2 aromatic heterocycles. The number of ether oxygens (including phenoxy) is 1. The van der Waals surface area contributed by atoms with E-state index < -0.39 is 34.3 Å². The Bertz CT molecular complexity index is 1360. The third-order valence-corrected chi connectivity index (χ3v) is 4.57. The number of carboxylic acid groups (broad SMARTS) is 1. The van der Waals surface area contributed by atoms with E-state index in [-0.39, 0.29) is 33.3 Å². The van der Waals surface area contributed by atoms with Crippen LogP contribution in [0.3, 0.4) is 0 Å². The highest BCUT2D eigenvalue weighted by Crippen LogP contribution is 2.38. The van der Waals surface area contributed by atoms with E-state index in [9.17, 15) is 23.6 Å². The Labute approximate surface area is 182 Å². The Morgan fingerprint density at radius 2 is 1.81 bits per heavy atom. The first-order chi connectivity index (χ1) is 14.5. The fourth-order valence-electron chi connectivity index (χ4n) is 2.58. The van der Waals surface area contributed by atoms with Gasteiger partial charge >= 0.3 is 11.7 Å². The van der Waals surface area contributed by atoms with Crippen LogP contribution in [0, 0.1) is 5.82 Å². The third-order valence-electron chi connectivity index (χ3n) is 4.01. The molecule has 0 bridgehead atoms. The lowest BCUT2D eigenvalue weighted by atomic mass is 10.3. The van der Waals surface area contributed by atoms with Crippen molar-refractivity contribution in [2.75, 3.05) is 0 Å². The first-order valence-corrected chi connectivity index (χ1v) is 9.31. The summed E-state index contributed by atoms with van der Waals surface area (Å²) in [6, 6.07) is 2.88. The van der Waals surface area contributed by atoms with E-state index in [4.69, 9.17) is 33.0 Å². The van der Waals surface area contributed by atoms with Crippen LogP contribution in [0.5, 0.6) is 11.5 Å². The lowest BCUT2D eigenvalue weighted by Crippen LogP contribution is -2.35. The molecular formula is C18H13Cl2FN4O6. The number of pyridine rings is 1. The van der Waals surface area contributed by atoms with Crippen LogP contribution in [0.15, 0.2) is 38.8 Å². The Hall–Kier alpha value is -3.44. The molecule has 0 unspecified atom stereocenters. The number of aromatic nitrogens is 4. The molecule has 0 saturated heterocycles. The van der Waals surface area contributed by atoms with E-state index in [1.54, 1.807) is 13.8 Å². The highest BCUT2D eigenvalue weighted by Gasteiger charge is 2.18. The molecule has 1 aromatic carbocycles. The van der Waals surface area contributed by atoms with Crippen LogP contribution >= 0.6 is 23.2 Å². The van der Waals surface area contributed by atoms with Crippen LogP contribution in [-0.4, -0.2) is 30.4 Å². The molecule has 0 radical (unpaired) electrons. The first-order valence-electron chi connectivity index (χ1n) is 8.55. The number of rotatable bonds is 5.